The molecule has 0 aromatic heterocycles. The summed E-state index contributed by atoms with van der Waals surface area (Å²) in [6.45, 7) is 10.2. The van der Waals surface area contributed by atoms with Crippen LogP contribution in [0.3, 0.4) is 0 Å². The SMILES string of the molecule is CC(C)(C)OC(=O)N[C@@H]1CC[C@@](O)(c2cccc(C(F)(F)F)c2)C[C@H]1NC(=O)OC(C)(C)C. The summed E-state index contributed by atoms with van der Waals surface area (Å²) < 4.78 is 50.1. The topological polar surface area (TPSA) is 96.9 Å². The van der Waals surface area contributed by atoms with Gasteiger partial charge in [-0.3, -0.25) is 0 Å². The Labute approximate surface area is 192 Å². The molecule has 2 amide bonds. The second-order valence-corrected chi connectivity index (χ2v) is 10.4. The van der Waals surface area contributed by atoms with Crippen LogP contribution in [0, 0.1) is 0 Å². The Morgan fingerprint density at radius 1 is 0.970 bits per heavy atom. The molecular formula is C23H33F3N2O5. The quantitative estimate of drug-likeness (QED) is 0.581. The Kier molecular flexibility index (Phi) is 7.62. The van der Waals surface area contributed by atoms with Gasteiger partial charge in [0.25, 0.3) is 0 Å². The smallest absolute Gasteiger partial charge is 0.416 e. The van der Waals surface area contributed by atoms with Gasteiger partial charge in [0, 0.05) is 6.42 Å². The molecule has 7 nitrogen and oxygen atoms in total. The summed E-state index contributed by atoms with van der Waals surface area (Å²) in [6.07, 6.45) is -5.90. The third kappa shape index (κ3) is 8.10. The second-order valence-electron chi connectivity index (χ2n) is 10.4. The lowest BCUT2D eigenvalue weighted by Gasteiger charge is -2.42. The number of alkyl carbamates (subject to hydrolysis) is 2. The van der Waals surface area contributed by atoms with E-state index in [4.69, 9.17) is 9.47 Å². The first kappa shape index (κ1) is 26.8. The number of halogens is 3. The summed E-state index contributed by atoms with van der Waals surface area (Å²) in [5.41, 5.74) is -3.97. The van der Waals surface area contributed by atoms with E-state index in [1.54, 1.807) is 41.5 Å². The molecule has 1 aromatic carbocycles. The molecule has 0 spiro atoms. The van der Waals surface area contributed by atoms with Crippen molar-refractivity contribution in [2.75, 3.05) is 0 Å². The van der Waals surface area contributed by atoms with E-state index >= 15 is 0 Å². The predicted molar refractivity (Wildman–Crippen MR) is 116 cm³/mol. The van der Waals surface area contributed by atoms with Crippen LogP contribution in [-0.2, 0) is 21.3 Å². The first-order chi connectivity index (χ1) is 14.9. The summed E-state index contributed by atoms with van der Waals surface area (Å²) in [4.78, 5) is 24.7. The lowest BCUT2D eigenvalue weighted by molar-refractivity contribution is -0.137. The average Bonchev–Trinajstić information content (AvgIpc) is 2.60. The molecule has 0 bridgehead atoms. The summed E-state index contributed by atoms with van der Waals surface area (Å²) in [7, 11) is 0. The highest BCUT2D eigenvalue weighted by Gasteiger charge is 2.43. The van der Waals surface area contributed by atoms with Crippen molar-refractivity contribution in [3.8, 4) is 0 Å². The van der Waals surface area contributed by atoms with Gasteiger partial charge in [0.1, 0.15) is 11.2 Å². The molecule has 2 rings (SSSR count). The van der Waals surface area contributed by atoms with E-state index < -0.39 is 52.8 Å². The fourth-order valence-electron chi connectivity index (χ4n) is 3.69. The summed E-state index contributed by atoms with van der Waals surface area (Å²) >= 11 is 0. The van der Waals surface area contributed by atoms with Crippen LogP contribution in [0.2, 0.25) is 0 Å². The van der Waals surface area contributed by atoms with Crippen LogP contribution in [0.25, 0.3) is 0 Å². The van der Waals surface area contributed by atoms with Crippen LogP contribution >= 0.6 is 0 Å². The van der Waals surface area contributed by atoms with Gasteiger partial charge in [0.2, 0.25) is 0 Å². The first-order valence-corrected chi connectivity index (χ1v) is 10.8. The molecule has 0 heterocycles. The molecule has 3 N–H and O–H groups in total. The number of carbonyl (C=O) groups is 2. The molecule has 1 aliphatic rings. The van der Waals surface area contributed by atoms with E-state index in [1.165, 1.54) is 12.1 Å². The van der Waals surface area contributed by atoms with Gasteiger partial charge in [-0.15, -0.1) is 0 Å². The number of hydrogen-bond donors (Lipinski definition) is 3. The van der Waals surface area contributed by atoms with Crippen molar-refractivity contribution in [2.45, 2.75) is 95.9 Å². The summed E-state index contributed by atoms with van der Waals surface area (Å²) in [6, 6.07) is 3.04. The molecule has 33 heavy (non-hydrogen) atoms. The number of hydrogen-bond acceptors (Lipinski definition) is 5. The van der Waals surface area contributed by atoms with Crippen molar-refractivity contribution in [3.63, 3.8) is 0 Å². The van der Waals surface area contributed by atoms with Crippen LogP contribution in [0.5, 0.6) is 0 Å². The van der Waals surface area contributed by atoms with E-state index in [9.17, 15) is 27.9 Å². The third-order valence-electron chi connectivity index (χ3n) is 5.04. The van der Waals surface area contributed by atoms with Crippen molar-refractivity contribution in [1.82, 2.24) is 10.6 Å². The van der Waals surface area contributed by atoms with E-state index in [1.807, 2.05) is 0 Å². The van der Waals surface area contributed by atoms with Gasteiger partial charge in [-0.05, 0) is 72.1 Å². The Hall–Kier alpha value is -2.49. The second kappa shape index (κ2) is 9.40. The van der Waals surface area contributed by atoms with Crippen LogP contribution in [0.1, 0.15) is 71.9 Å². The first-order valence-electron chi connectivity index (χ1n) is 10.8. The fraction of sp³-hybridized carbons (Fsp3) is 0.652. The Balaban J connectivity index is 2.28. The van der Waals surface area contributed by atoms with Gasteiger partial charge in [0.05, 0.1) is 23.2 Å². The van der Waals surface area contributed by atoms with Crippen molar-refractivity contribution < 1.29 is 37.3 Å². The number of ether oxygens (including phenoxy) is 2. The minimum Gasteiger partial charge on any atom is -0.444 e. The van der Waals surface area contributed by atoms with Crippen LogP contribution in [0.15, 0.2) is 24.3 Å². The number of carbonyl (C=O) groups excluding carboxylic acids is 2. The van der Waals surface area contributed by atoms with Crippen molar-refractivity contribution in [1.29, 1.82) is 0 Å². The molecular weight excluding hydrogens is 441 g/mol. The normalized spacial score (nSPS) is 24.1. The largest absolute Gasteiger partial charge is 0.444 e. The van der Waals surface area contributed by atoms with E-state index in [2.05, 4.69) is 10.6 Å². The van der Waals surface area contributed by atoms with Gasteiger partial charge >= 0.3 is 18.4 Å². The summed E-state index contributed by atoms with van der Waals surface area (Å²) in [5.74, 6) is 0. The predicted octanol–water partition coefficient (Wildman–Crippen LogP) is 4.86. The standard InChI is InChI=1S/C23H33F3N2O5/c1-20(2,3)32-18(29)27-16-10-11-22(31,13-17(16)28-19(30)33-21(4,5)6)14-8-7-9-15(12-14)23(24,25)26/h7-9,12,16-17,31H,10-11,13H2,1-6H3,(H,27,29)(H,28,30)/t16-,17-,22+/m1/s1. The molecule has 0 aliphatic heterocycles. The minimum absolute atomic E-state index is 0.0707. The number of rotatable bonds is 3. The van der Waals surface area contributed by atoms with E-state index in [-0.39, 0.29) is 24.8 Å². The number of benzene rings is 1. The van der Waals surface area contributed by atoms with Crippen molar-refractivity contribution in [3.05, 3.63) is 35.4 Å². The van der Waals surface area contributed by atoms with Gasteiger partial charge < -0.3 is 25.2 Å². The molecule has 1 saturated carbocycles. The van der Waals surface area contributed by atoms with E-state index in [0.29, 0.717) is 0 Å². The lowest BCUT2D eigenvalue weighted by atomic mass is 9.74. The van der Waals surface area contributed by atoms with Gasteiger partial charge in [0.15, 0.2) is 0 Å². The Bertz CT molecular complexity index is 861. The number of nitrogens with one attached hydrogen (secondary N) is 2. The van der Waals surface area contributed by atoms with Gasteiger partial charge in [-0.25, -0.2) is 9.59 Å². The zero-order chi connectivity index (χ0) is 25.2. The number of amides is 2. The zero-order valence-corrected chi connectivity index (χ0v) is 19.8. The highest BCUT2D eigenvalue weighted by Crippen LogP contribution is 2.40. The lowest BCUT2D eigenvalue weighted by Crippen LogP contribution is -2.58. The van der Waals surface area contributed by atoms with Crippen LogP contribution in [-0.4, -0.2) is 40.6 Å². The molecule has 3 atom stereocenters. The Morgan fingerprint density at radius 2 is 1.48 bits per heavy atom. The van der Waals surface area contributed by atoms with Crippen LogP contribution in [0.4, 0.5) is 22.8 Å². The number of aliphatic hydroxyl groups is 1. The molecule has 0 unspecified atom stereocenters. The zero-order valence-electron chi connectivity index (χ0n) is 19.8. The molecule has 1 aromatic rings. The highest BCUT2D eigenvalue weighted by atomic mass is 19.4. The minimum atomic E-state index is -4.56. The molecule has 10 heteroatoms. The molecule has 0 saturated heterocycles. The maximum Gasteiger partial charge on any atom is 0.416 e. The maximum absolute atomic E-state index is 13.2. The van der Waals surface area contributed by atoms with Crippen LogP contribution < -0.4 is 10.6 Å². The highest BCUT2D eigenvalue weighted by molar-refractivity contribution is 5.70. The van der Waals surface area contributed by atoms with Crippen molar-refractivity contribution in [2.24, 2.45) is 0 Å². The fourth-order valence-corrected chi connectivity index (χ4v) is 3.69. The van der Waals surface area contributed by atoms with Gasteiger partial charge in [-0.1, -0.05) is 12.1 Å². The Morgan fingerprint density at radius 3 is 1.97 bits per heavy atom. The average molecular weight is 475 g/mol. The van der Waals surface area contributed by atoms with E-state index in [0.717, 1.165) is 12.1 Å². The molecule has 1 fully saturated rings. The summed E-state index contributed by atoms with van der Waals surface area (Å²) in [5, 5.41) is 16.6. The number of alkyl halides is 3. The maximum atomic E-state index is 13.2. The molecule has 1 aliphatic carbocycles. The molecule has 0 radical (unpaired) electrons. The van der Waals surface area contributed by atoms with Gasteiger partial charge in [-0.2, -0.15) is 13.2 Å². The third-order valence-corrected chi connectivity index (χ3v) is 5.04. The molecule has 186 valence electrons. The van der Waals surface area contributed by atoms with Crippen molar-refractivity contribution >= 4 is 12.2 Å². The monoisotopic (exact) mass is 474 g/mol.